The van der Waals surface area contributed by atoms with Crippen LogP contribution in [0, 0.1) is 5.82 Å². The Morgan fingerprint density at radius 3 is 2.67 bits per heavy atom. The average molecular weight is 312 g/mol. The zero-order chi connectivity index (χ0) is 16.0. The summed E-state index contributed by atoms with van der Waals surface area (Å²) in [4.78, 5) is 11.4. The highest BCUT2D eigenvalue weighted by molar-refractivity contribution is 5.91. The van der Waals surface area contributed by atoms with E-state index in [1.807, 2.05) is 0 Å². The van der Waals surface area contributed by atoms with Crippen molar-refractivity contribution in [1.29, 1.82) is 0 Å². The maximum absolute atomic E-state index is 13.3. The van der Waals surface area contributed by atoms with E-state index in [0.717, 1.165) is 6.07 Å². The molecule has 0 saturated carbocycles. The van der Waals surface area contributed by atoms with Gasteiger partial charge in [0.25, 0.3) is 0 Å². The van der Waals surface area contributed by atoms with Crippen LogP contribution in [0.1, 0.15) is 6.42 Å². The van der Waals surface area contributed by atoms with E-state index in [0.29, 0.717) is 0 Å². The summed E-state index contributed by atoms with van der Waals surface area (Å²) in [6.07, 6.45) is -4.24. The Morgan fingerprint density at radius 1 is 1.38 bits per heavy atom. The van der Waals surface area contributed by atoms with E-state index in [2.05, 4.69) is 10.1 Å². The van der Waals surface area contributed by atoms with Crippen molar-refractivity contribution in [2.24, 2.45) is 0 Å². The molecule has 0 radical (unpaired) electrons. The Hall–Kier alpha value is -1.90. The molecule has 0 fully saturated rings. The number of carbonyl (C=O) groups excluding carboxylic acids is 1. The smallest absolute Gasteiger partial charge is 0.330 e. The van der Waals surface area contributed by atoms with Gasteiger partial charge >= 0.3 is 12.3 Å². The predicted molar refractivity (Wildman–Crippen MR) is 65.8 cm³/mol. The van der Waals surface area contributed by atoms with E-state index in [4.69, 9.17) is 5.73 Å². The summed E-state index contributed by atoms with van der Waals surface area (Å²) in [5, 5.41) is 2.16. The van der Waals surface area contributed by atoms with Crippen molar-refractivity contribution in [3.63, 3.8) is 0 Å². The number of nitrogen functional groups attached to an aromatic ring is 1. The topological polar surface area (TPSA) is 64.3 Å². The minimum Gasteiger partial charge on any atom is -0.399 e. The highest BCUT2D eigenvalue weighted by Gasteiger charge is 2.40. The molecule has 1 rings (SSSR count). The first-order valence-corrected chi connectivity index (χ1v) is 5.81. The van der Waals surface area contributed by atoms with E-state index < -0.39 is 43.7 Å². The van der Waals surface area contributed by atoms with Crippen LogP contribution in [-0.2, 0) is 9.53 Å². The summed E-state index contributed by atoms with van der Waals surface area (Å²) in [5.74, 6) is -5.71. The van der Waals surface area contributed by atoms with Crippen molar-refractivity contribution in [3.8, 4) is 0 Å². The molecule has 118 valence electrons. The lowest BCUT2D eigenvalue weighted by Crippen LogP contribution is -2.32. The van der Waals surface area contributed by atoms with Crippen molar-refractivity contribution in [3.05, 3.63) is 24.0 Å². The largest absolute Gasteiger partial charge is 0.399 e. The van der Waals surface area contributed by atoms with Crippen LogP contribution in [0.25, 0.3) is 0 Å². The van der Waals surface area contributed by atoms with Crippen LogP contribution in [0.5, 0.6) is 0 Å². The van der Waals surface area contributed by atoms with Crippen LogP contribution in [0.2, 0.25) is 0 Å². The van der Waals surface area contributed by atoms with Gasteiger partial charge < -0.3 is 15.8 Å². The number of nitrogens with one attached hydrogen (secondary N) is 1. The van der Waals surface area contributed by atoms with Crippen LogP contribution < -0.4 is 11.1 Å². The number of halogens is 5. The second-order valence-corrected chi connectivity index (χ2v) is 4.15. The molecule has 0 unspecified atom stereocenters. The number of amides is 1. The standard InChI is InChI=1S/C12H13F5N2O2/c13-8-2-1-7(18)5-9(8)19-10(20)3-4-21-6-12(16,17)11(14)15/h1-2,5,11H,3-4,6,18H2,(H,19,20). The highest BCUT2D eigenvalue weighted by atomic mass is 19.3. The maximum Gasteiger partial charge on any atom is 0.330 e. The molecule has 21 heavy (non-hydrogen) atoms. The van der Waals surface area contributed by atoms with Gasteiger partial charge in [-0.2, -0.15) is 8.78 Å². The Kier molecular flexibility index (Phi) is 5.89. The van der Waals surface area contributed by atoms with Crippen LogP contribution in [0.4, 0.5) is 33.3 Å². The fourth-order valence-corrected chi connectivity index (χ4v) is 1.29. The summed E-state index contributed by atoms with van der Waals surface area (Å²) in [6, 6.07) is 3.52. The lowest BCUT2D eigenvalue weighted by molar-refractivity contribution is -0.166. The van der Waals surface area contributed by atoms with Crippen molar-refractivity contribution in [1.82, 2.24) is 0 Å². The highest BCUT2D eigenvalue weighted by Crippen LogP contribution is 2.23. The molecule has 0 aromatic heterocycles. The third kappa shape index (κ3) is 5.54. The van der Waals surface area contributed by atoms with E-state index in [1.165, 1.54) is 12.1 Å². The van der Waals surface area contributed by atoms with Crippen LogP contribution in [0.3, 0.4) is 0 Å². The number of ether oxygens (including phenoxy) is 1. The summed E-state index contributed by atoms with van der Waals surface area (Å²) in [7, 11) is 0. The fraction of sp³-hybridized carbons (Fsp3) is 0.417. The van der Waals surface area contributed by atoms with Gasteiger partial charge in [-0.05, 0) is 18.2 Å². The van der Waals surface area contributed by atoms with Gasteiger partial charge in [-0.1, -0.05) is 0 Å². The molecule has 1 aromatic carbocycles. The zero-order valence-corrected chi connectivity index (χ0v) is 10.7. The van der Waals surface area contributed by atoms with Gasteiger partial charge in [-0.3, -0.25) is 4.79 Å². The third-order valence-corrected chi connectivity index (χ3v) is 2.35. The van der Waals surface area contributed by atoms with Crippen LogP contribution in [-0.4, -0.2) is 31.5 Å². The first-order chi connectivity index (χ1) is 9.72. The Bertz CT molecular complexity index is 497. The Balaban J connectivity index is 2.37. The molecule has 0 spiro atoms. The van der Waals surface area contributed by atoms with Crippen molar-refractivity contribution < 1.29 is 31.5 Å². The molecule has 0 heterocycles. The van der Waals surface area contributed by atoms with Crippen molar-refractivity contribution >= 4 is 17.3 Å². The van der Waals surface area contributed by atoms with Gasteiger partial charge in [-0.25, -0.2) is 13.2 Å². The zero-order valence-electron chi connectivity index (χ0n) is 10.7. The molecule has 0 bridgehead atoms. The minimum absolute atomic E-state index is 0.169. The quantitative estimate of drug-likeness (QED) is 0.462. The van der Waals surface area contributed by atoms with Crippen LogP contribution >= 0.6 is 0 Å². The number of carbonyl (C=O) groups is 1. The molecule has 0 aliphatic rings. The summed E-state index contributed by atoms with van der Waals surface area (Å²) < 4.78 is 66.2. The molecule has 0 atom stereocenters. The number of anilines is 2. The predicted octanol–water partition coefficient (Wildman–Crippen LogP) is 2.65. The van der Waals surface area contributed by atoms with Gasteiger partial charge in [-0.15, -0.1) is 0 Å². The van der Waals surface area contributed by atoms with Crippen LogP contribution in [0.15, 0.2) is 18.2 Å². The minimum atomic E-state index is -4.27. The van der Waals surface area contributed by atoms with E-state index in [-0.39, 0.29) is 11.4 Å². The molecular weight excluding hydrogens is 299 g/mol. The first kappa shape index (κ1) is 17.2. The normalized spacial score (nSPS) is 11.7. The monoisotopic (exact) mass is 312 g/mol. The second kappa shape index (κ2) is 7.21. The lowest BCUT2D eigenvalue weighted by atomic mass is 10.2. The van der Waals surface area contributed by atoms with Gasteiger partial charge in [0.15, 0.2) is 0 Å². The second-order valence-electron chi connectivity index (χ2n) is 4.15. The average Bonchev–Trinajstić information content (AvgIpc) is 2.39. The fourth-order valence-electron chi connectivity index (χ4n) is 1.29. The molecule has 1 aromatic rings. The summed E-state index contributed by atoms with van der Waals surface area (Å²) in [6.45, 7) is -2.00. The van der Waals surface area contributed by atoms with E-state index in [1.54, 1.807) is 0 Å². The summed E-state index contributed by atoms with van der Waals surface area (Å²) >= 11 is 0. The Labute approximate surface area is 117 Å². The number of hydrogen-bond donors (Lipinski definition) is 2. The van der Waals surface area contributed by atoms with Gasteiger partial charge in [0.05, 0.1) is 18.7 Å². The number of alkyl halides is 4. The van der Waals surface area contributed by atoms with Crippen molar-refractivity contribution in [2.45, 2.75) is 18.8 Å². The first-order valence-electron chi connectivity index (χ1n) is 5.81. The van der Waals surface area contributed by atoms with Gasteiger partial charge in [0, 0.05) is 5.69 Å². The van der Waals surface area contributed by atoms with Crippen molar-refractivity contribution in [2.75, 3.05) is 24.3 Å². The summed E-state index contributed by atoms with van der Waals surface area (Å²) in [5.41, 5.74) is 5.46. The third-order valence-electron chi connectivity index (χ3n) is 2.35. The molecule has 0 aliphatic carbocycles. The Morgan fingerprint density at radius 2 is 2.05 bits per heavy atom. The molecule has 3 N–H and O–H groups in total. The number of rotatable bonds is 7. The molecule has 4 nitrogen and oxygen atoms in total. The number of hydrogen-bond acceptors (Lipinski definition) is 3. The molecule has 0 saturated heterocycles. The van der Waals surface area contributed by atoms with E-state index in [9.17, 15) is 26.7 Å². The van der Waals surface area contributed by atoms with Gasteiger partial charge in [0.1, 0.15) is 12.4 Å². The lowest BCUT2D eigenvalue weighted by Gasteiger charge is -2.15. The van der Waals surface area contributed by atoms with E-state index >= 15 is 0 Å². The number of benzene rings is 1. The maximum atomic E-state index is 13.3. The molecule has 9 heteroatoms. The molecule has 1 amide bonds. The molecular formula is C12H13F5N2O2. The van der Waals surface area contributed by atoms with Gasteiger partial charge in [0.2, 0.25) is 5.91 Å². The molecule has 0 aliphatic heterocycles. The SMILES string of the molecule is Nc1ccc(F)c(NC(=O)CCOCC(F)(F)C(F)F)c1. The number of nitrogens with two attached hydrogens (primary N) is 1.